The van der Waals surface area contributed by atoms with E-state index in [1.54, 1.807) is 0 Å². The van der Waals surface area contributed by atoms with Crippen LogP contribution >= 0.6 is 0 Å². The molecule has 0 radical (unpaired) electrons. The van der Waals surface area contributed by atoms with Gasteiger partial charge in [-0.25, -0.2) is 0 Å². The van der Waals surface area contributed by atoms with Crippen molar-refractivity contribution >= 4 is 0 Å². The number of hydrogen-bond donors (Lipinski definition) is 0. The highest BCUT2D eigenvalue weighted by atomic mass is 19.2. The lowest BCUT2D eigenvalue weighted by molar-refractivity contribution is -0.180. The van der Waals surface area contributed by atoms with Crippen LogP contribution in [0.1, 0.15) is 27.7 Å². The molecule has 2 unspecified atom stereocenters. The van der Waals surface area contributed by atoms with E-state index in [2.05, 4.69) is 20.4 Å². The summed E-state index contributed by atoms with van der Waals surface area (Å²) in [7, 11) is 0. The Labute approximate surface area is 80.6 Å². The maximum atomic E-state index is 13.3. The standard InChI is InChI=1S/C11H20FN/c1-6-11(4,5)10-9(8(2)3)7-13(10)12/h6,8-10H,1,7H2,2-5H3. The minimum Gasteiger partial charge on any atom is -0.142 e. The van der Waals surface area contributed by atoms with Crippen LogP contribution in [0.3, 0.4) is 0 Å². The summed E-state index contributed by atoms with van der Waals surface area (Å²) in [5, 5.41) is 0.951. The van der Waals surface area contributed by atoms with Gasteiger partial charge in [0.05, 0.1) is 6.04 Å². The summed E-state index contributed by atoms with van der Waals surface area (Å²) < 4.78 is 13.3. The van der Waals surface area contributed by atoms with Crippen molar-refractivity contribution in [1.29, 1.82) is 0 Å². The van der Waals surface area contributed by atoms with E-state index in [1.165, 1.54) is 0 Å². The van der Waals surface area contributed by atoms with Crippen molar-refractivity contribution in [1.82, 2.24) is 5.12 Å². The second-order valence-electron chi connectivity index (χ2n) is 4.96. The van der Waals surface area contributed by atoms with E-state index < -0.39 is 0 Å². The molecule has 0 spiro atoms. The summed E-state index contributed by atoms with van der Waals surface area (Å²) in [4.78, 5) is 0. The van der Waals surface area contributed by atoms with Crippen LogP contribution in [0.25, 0.3) is 0 Å². The maximum Gasteiger partial charge on any atom is 0.0531 e. The van der Waals surface area contributed by atoms with E-state index >= 15 is 0 Å². The lowest BCUT2D eigenvalue weighted by Gasteiger charge is -2.51. The Morgan fingerprint density at radius 3 is 2.38 bits per heavy atom. The molecule has 0 aromatic heterocycles. The van der Waals surface area contributed by atoms with Crippen LogP contribution in [0.5, 0.6) is 0 Å². The molecule has 0 aliphatic carbocycles. The van der Waals surface area contributed by atoms with Gasteiger partial charge >= 0.3 is 0 Å². The molecule has 1 aliphatic heterocycles. The highest BCUT2D eigenvalue weighted by molar-refractivity contribution is 5.05. The monoisotopic (exact) mass is 185 g/mol. The third kappa shape index (κ3) is 1.78. The van der Waals surface area contributed by atoms with Crippen molar-refractivity contribution in [2.24, 2.45) is 17.3 Å². The molecular formula is C11H20FN. The number of rotatable bonds is 3. The molecule has 0 saturated carbocycles. The first-order valence-corrected chi connectivity index (χ1v) is 4.96. The average molecular weight is 185 g/mol. The first-order chi connectivity index (χ1) is 5.90. The fraction of sp³-hybridized carbons (Fsp3) is 0.818. The van der Waals surface area contributed by atoms with E-state index in [9.17, 15) is 4.48 Å². The number of hydrogen-bond acceptors (Lipinski definition) is 1. The van der Waals surface area contributed by atoms with Crippen LogP contribution in [0.15, 0.2) is 12.7 Å². The molecule has 1 saturated heterocycles. The van der Waals surface area contributed by atoms with Crippen LogP contribution in [0, 0.1) is 17.3 Å². The van der Waals surface area contributed by atoms with Gasteiger partial charge in [0, 0.05) is 12.0 Å². The van der Waals surface area contributed by atoms with Crippen molar-refractivity contribution < 1.29 is 4.48 Å². The summed E-state index contributed by atoms with van der Waals surface area (Å²) in [5.74, 6) is 1.02. The summed E-state index contributed by atoms with van der Waals surface area (Å²) in [6.45, 7) is 12.8. The maximum absolute atomic E-state index is 13.3. The zero-order valence-electron chi connectivity index (χ0n) is 9.05. The highest BCUT2D eigenvalue weighted by Gasteiger charge is 2.48. The topological polar surface area (TPSA) is 3.24 Å². The van der Waals surface area contributed by atoms with Crippen LogP contribution in [-0.4, -0.2) is 17.7 Å². The second-order valence-corrected chi connectivity index (χ2v) is 4.96. The lowest BCUT2D eigenvalue weighted by atomic mass is 9.68. The molecule has 1 heterocycles. The molecule has 0 N–H and O–H groups in total. The molecule has 13 heavy (non-hydrogen) atoms. The number of halogens is 1. The van der Waals surface area contributed by atoms with Crippen LogP contribution in [-0.2, 0) is 0 Å². The fourth-order valence-corrected chi connectivity index (χ4v) is 2.09. The molecule has 2 atom stereocenters. The van der Waals surface area contributed by atoms with E-state index in [4.69, 9.17) is 0 Å². The quantitative estimate of drug-likeness (QED) is 0.482. The molecule has 0 aromatic rings. The molecule has 1 aliphatic rings. The van der Waals surface area contributed by atoms with E-state index in [0.717, 1.165) is 5.12 Å². The predicted molar refractivity (Wildman–Crippen MR) is 53.9 cm³/mol. The Balaban J connectivity index is 2.72. The predicted octanol–water partition coefficient (Wildman–Crippen LogP) is 3.04. The number of nitrogens with zero attached hydrogens (tertiary/aromatic N) is 1. The van der Waals surface area contributed by atoms with Crippen molar-refractivity contribution in [3.63, 3.8) is 0 Å². The Kier molecular flexibility index (Phi) is 2.81. The zero-order chi connectivity index (χ0) is 10.2. The van der Waals surface area contributed by atoms with Gasteiger partial charge in [0.2, 0.25) is 0 Å². The van der Waals surface area contributed by atoms with Gasteiger partial charge < -0.3 is 0 Å². The Hall–Kier alpha value is -0.370. The third-order valence-electron chi connectivity index (χ3n) is 3.24. The molecule has 0 aromatic carbocycles. The van der Waals surface area contributed by atoms with Crippen LogP contribution in [0.4, 0.5) is 4.48 Å². The molecule has 2 heteroatoms. The SMILES string of the molecule is C=CC(C)(C)C1C(C(C)C)CN1F. The Bertz CT molecular complexity index is 198. The smallest absolute Gasteiger partial charge is 0.0531 e. The molecule has 1 nitrogen and oxygen atoms in total. The van der Waals surface area contributed by atoms with Crippen molar-refractivity contribution in [2.75, 3.05) is 6.54 Å². The highest BCUT2D eigenvalue weighted by Crippen LogP contribution is 2.42. The van der Waals surface area contributed by atoms with Gasteiger partial charge in [-0.3, -0.25) is 0 Å². The molecular weight excluding hydrogens is 165 g/mol. The zero-order valence-corrected chi connectivity index (χ0v) is 9.05. The van der Waals surface area contributed by atoms with Crippen LogP contribution < -0.4 is 0 Å². The summed E-state index contributed by atoms with van der Waals surface area (Å²) >= 11 is 0. The molecule has 0 bridgehead atoms. The first-order valence-electron chi connectivity index (χ1n) is 4.96. The second kappa shape index (κ2) is 3.41. The van der Waals surface area contributed by atoms with Crippen molar-refractivity contribution in [3.8, 4) is 0 Å². The lowest BCUT2D eigenvalue weighted by Crippen LogP contribution is -2.60. The first kappa shape index (κ1) is 10.7. The molecule has 1 rings (SSSR count). The third-order valence-corrected chi connectivity index (χ3v) is 3.24. The Morgan fingerprint density at radius 2 is 2.08 bits per heavy atom. The van der Waals surface area contributed by atoms with Crippen LogP contribution in [0.2, 0.25) is 0 Å². The van der Waals surface area contributed by atoms with E-state index in [0.29, 0.717) is 18.4 Å². The average Bonchev–Trinajstić information content (AvgIpc) is 1.98. The van der Waals surface area contributed by atoms with Gasteiger partial charge in [-0.1, -0.05) is 33.8 Å². The minimum absolute atomic E-state index is 0.0185. The van der Waals surface area contributed by atoms with Gasteiger partial charge in [0.25, 0.3) is 0 Å². The van der Waals surface area contributed by atoms with Gasteiger partial charge in [-0.2, -0.15) is 0 Å². The fourth-order valence-electron chi connectivity index (χ4n) is 2.09. The minimum atomic E-state index is -0.123. The van der Waals surface area contributed by atoms with Crippen molar-refractivity contribution in [2.45, 2.75) is 33.7 Å². The molecule has 76 valence electrons. The van der Waals surface area contributed by atoms with Gasteiger partial charge in [0.1, 0.15) is 0 Å². The summed E-state index contributed by atoms with van der Waals surface area (Å²) in [6, 6.07) is 0.0185. The summed E-state index contributed by atoms with van der Waals surface area (Å²) in [6.07, 6.45) is 1.86. The van der Waals surface area contributed by atoms with E-state index in [1.807, 2.05) is 19.9 Å². The normalized spacial score (nSPS) is 30.3. The van der Waals surface area contributed by atoms with Gasteiger partial charge in [0.15, 0.2) is 0 Å². The molecule has 1 fully saturated rings. The Morgan fingerprint density at radius 1 is 1.54 bits per heavy atom. The van der Waals surface area contributed by atoms with E-state index in [-0.39, 0.29) is 11.5 Å². The molecule has 0 amide bonds. The summed E-state index contributed by atoms with van der Waals surface area (Å²) in [5.41, 5.74) is -0.123. The van der Waals surface area contributed by atoms with Crippen molar-refractivity contribution in [3.05, 3.63) is 12.7 Å². The van der Waals surface area contributed by atoms with Gasteiger partial charge in [-0.15, -0.1) is 16.2 Å². The largest absolute Gasteiger partial charge is 0.142 e. The van der Waals surface area contributed by atoms with Gasteiger partial charge in [-0.05, 0) is 11.8 Å².